The molecule has 4 nitrogen and oxygen atoms in total. The number of likely N-dealkylation sites (tertiary alicyclic amines) is 1. The van der Waals surface area contributed by atoms with E-state index in [1.165, 1.54) is 11.0 Å². The lowest BCUT2D eigenvalue weighted by molar-refractivity contribution is -0.187. The van der Waals surface area contributed by atoms with Crippen molar-refractivity contribution in [2.45, 2.75) is 32.9 Å². The summed E-state index contributed by atoms with van der Waals surface area (Å²) in [5.74, 6) is -1.83. The highest BCUT2D eigenvalue weighted by atomic mass is 19.4. The van der Waals surface area contributed by atoms with Crippen molar-refractivity contribution in [1.82, 2.24) is 14.7 Å². The molecule has 1 aliphatic heterocycles. The van der Waals surface area contributed by atoms with E-state index < -0.39 is 18.0 Å². The molecule has 0 radical (unpaired) electrons. The molecule has 1 atom stereocenters. The number of para-hydroxylation sites is 1. The van der Waals surface area contributed by atoms with Gasteiger partial charge in [0.25, 0.3) is 0 Å². The molecule has 1 unspecified atom stereocenters. The van der Waals surface area contributed by atoms with E-state index in [-0.39, 0.29) is 13.0 Å². The minimum absolute atomic E-state index is 0.0824. The van der Waals surface area contributed by atoms with Crippen molar-refractivity contribution >= 4 is 12.0 Å². The van der Waals surface area contributed by atoms with Crippen LogP contribution < -0.4 is 0 Å². The number of rotatable bonds is 3. The van der Waals surface area contributed by atoms with Gasteiger partial charge in [-0.1, -0.05) is 18.2 Å². The van der Waals surface area contributed by atoms with Crippen LogP contribution in [0, 0.1) is 19.8 Å². The van der Waals surface area contributed by atoms with Crippen LogP contribution in [0.15, 0.2) is 36.4 Å². The smallest absolute Gasteiger partial charge is 0.339 e. The van der Waals surface area contributed by atoms with Gasteiger partial charge in [0.15, 0.2) is 0 Å². The highest BCUT2D eigenvalue weighted by Crippen LogP contribution is 2.33. The van der Waals surface area contributed by atoms with Gasteiger partial charge in [-0.15, -0.1) is 0 Å². The van der Waals surface area contributed by atoms with Crippen LogP contribution in [-0.2, 0) is 4.79 Å². The minimum atomic E-state index is -4.26. The number of carbonyl (C=O) groups is 1. The molecule has 2 heterocycles. The Balaban J connectivity index is 1.76. The molecule has 27 heavy (non-hydrogen) atoms. The Kier molecular flexibility index (Phi) is 5.39. The summed E-state index contributed by atoms with van der Waals surface area (Å²) in [6.07, 6.45) is -0.804. The molecule has 1 aliphatic rings. The quantitative estimate of drug-likeness (QED) is 0.748. The van der Waals surface area contributed by atoms with Crippen molar-refractivity contribution in [2.24, 2.45) is 5.92 Å². The number of amides is 1. The Morgan fingerprint density at radius 3 is 2.59 bits per heavy atom. The summed E-state index contributed by atoms with van der Waals surface area (Å²) < 4.78 is 40.6. The van der Waals surface area contributed by atoms with Gasteiger partial charge < -0.3 is 4.90 Å². The molecule has 7 heteroatoms. The van der Waals surface area contributed by atoms with E-state index in [2.05, 4.69) is 5.10 Å². The van der Waals surface area contributed by atoms with Crippen LogP contribution in [0.4, 0.5) is 13.2 Å². The Morgan fingerprint density at radius 2 is 1.93 bits per heavy atom. The third-order valence-corrected chi connectivity index (χ3v) is 4.94. The highest BCUT2D eigenvalue weighted by Gasteiger charge is 2.42. The summed E-state index contributed by atoms with van der Waals surface area (Å²) in [6, 6.07) is 9.62. The van der Waals surface area contributed by atoms with Crippen LogP contribution in [0.2, 0.25) is 0 Å². The molecule has 2 aromatic rings. The summed E-state index contributed by atoms with van der Waals surface area (Å²) in [4.78, 5) is 13.7. The first kappa shape index (κ1) is 19.2. The fraction of sp³-hybridized carbons (Fsp3) is 0.400. The van der Waals surface area contributed by atoms with Gasteiger partial charge in [0, 0.05) is 30.4 Å². The molecule has 0 saturated carbocycles. The van der Waals surface area contributed by atoms with Crippen molar-refractivity contribution in [3.63, 3.8) is 0 Å². The molecular weight excluding hydrogens is 355 g/mol. The number of hydrogen-bond acceptors (Lipinski definition) is 2. The normalized spacial score (nSPS) is 18.3. The maximum absolute atomic E-state index is 12.9. The second-order valence-electron chi connectivity index (χ2n) is 6.83. The molecule has 1 saturated heterocycles. The van der Waals surface area contributed by atoms with Crippen molar-refractivity contribution < 1.29 is 18.0 Å². The van der Waals surface area contributed by atoms with Gasteiger partial charge >= 0.3 is 6.18 Å². The van der Waals surface area contributed by atoms with E-state index in [0.29, 0.717) is 13.0 Å². The molecule has 144 valence electrons. The molecule has 0 N–H and O–H groups in total. The van der Waals surface area contributed by atoms with Gasteiger partial charge in [0.05, 0.1) is 17.3 Å². The number of alkyl halides is 3. The third-order valence-electron chi connectivity index (χ3n) is 4.94. The van der Waals surface area contributed by atoms with Crippen LogP contribution >= 0.6 is 0 Å². The first-order valence-electron chi connectivity index (χ1n) is 8.92. The number of aromatic nitrogens is 2. The first-order chi connectivity index (χ1) is 12.8. The zero-order chi connectivity index (χ0) is 19.6. The number of nitrogens with zero attached hydrogens (tertiary/aromatic N) is 3. The lowest BCUT2D eigenvalue weighted by Gasteiger charge is -2.33. The van der Waals surface area contributed by atoms with E-state index in [1.807, 2.05) is 44.2 Å². The number of benzene rings is 1. The third kappa shape index (κ3) is 4.23. The van der Waals surface area contributed by atoms with Crippen LogP contribution in [0.1, 0.15) is 29.8 Å². The molecular formula is C20H22F3N3O. The number of carbonyl (C=O) groups excluding carboxylic acids is 1. The van der Waals surface area contributed by atoms with E-state index in [4.69, 9.17) is 0 Å². The SMILES string of the molecule is Cc1nn(-c2ccccc2)c(C)c1/C=C/C(=O)N1CCCC(C(F)(F)F)C1. The van der Waals surface area contributed by atoms with Crippen LogP contribution in [0.5, 0.6) is 0 Å². The Hall–Kier alpha value is -2.57. The Bertz CT molecular complexity index is 840. The zero-order valence-corrected chi connectivity index (χ0v) is 15.3. The molecule has 1 aromatic carbocycles. The number of hydrogen-bond donors (Lipinski definition) is 0. The van der Waals surface area contributed by atoms with Crippen molar-refractivity contribution in [3.8, 4) is 5.69 Å². The van der Waals surface area contributed by atoms with Crippen molar-refractivity contribution in [2.75, 3.05) is 13.1 Å². The van der Waals surface area contributed by atoms with Crippen LogP contribution in [0.25, 0.3) is 11.8 Å². The van der Waals surface area contributed by atoms with Crippen molar-refractivity contribution in [3.05, 3.63) is 53.4 Å². The zero-order valence-electron chi connectivity index (χ0n) is 15.3. The van der Waals surface area contributed by atoms with E-state index >= 15 is 0 Å². The molecule has 1 amide bonds. The van der Waals surface area contributed by atoms with Crippen molar-refractivity contribution in [1.29, 1.82) is 0 Å². The second kappa shape index (κ2) is 7.58. The predicted molar refractivity (Wildman–Crippen MR) is 97.4 cm³/mol. The lowest BCUT2D eigenvalue weighted by Crippen LogP contribution is -2.44. The fourth-order valence-electron chi connectivity index (χ4n) is 3.42. The van der Waals surface area contributed by atoms with Crippen LogP contribution in [-0.4, -0.2) is 39.9 Å². The second-order valence-corrected chi connectivity index (χ2v) is 6.83. The Labute approximate surface area is 156 Å². The molecule has 1 fully saturated rings. The summed E-state index contributed by atoms with van der Waals surface area (Å²) in [6.45, 7) is 3.83. The average Bonchev–Trinajstić information content (AvgIpc) is 2.94. The summed E-state index contributed by atoms with van der Waals surface area (Å²) >= 11 is 0. The fourth-order valence-corrected chi connectivity index (χ4v) is 3.42. The minimum Gasteiger partial charge on any atom is -0.339 e. The number of halogens is 3. The van der Waals surface area contributed by atoms with E-state index in [9.17, 15) is 18.0 Å². The van der Waals surface area contributed by atoms with Crippen LogP contribution in [0.3, 0.4) is 0 Å². The van der Waals surface area contributed by atoms with E-state index in [1.54, 1.807) is 10.8 Å². The predicted octanol–water partition coefficient (Wildman–Crippen LogP) is 4.30. The van der Waals surface area contributed by atoms with Gasteiger partial charge in [0.2, 0.25) is 5.91 Å². The molecule has 3 rings (SSSR count). The first-order valence-corrected chi connectivity index (χ1v) is 8.92. The van der Waals surface area contributed by atoms with Gasteiger partial charge in [0.1, 0.15) is 0 Å². The monoisotopic (exact) mass is 377 g/mol. The highest BCUT2D eigenvalue weighted by molar-refractivity contribution is 5.92. The average molecular weight is 377 g/mol. The van der Waals surface area contributed by atoms with Gasteiger partial charge in [-0.3, -0.25) is 4.79 Å². The molecule has 0 aliphatic carbocycles. The summed E-state index contributed by atoms with van der Waals surface area (Å²) in [5, 5.41) is 4.51. The molecule has 0 bridgehead atoms. The van der Waals surface area contributed by atoms with E-state index in [0.717, 1.165) is 22.6 Å². The molecule has 0 spiro atoms. The topological polar surface area (TPSA) is 38.1 Å². The molecule has 1 aromatic heterocycles. The van der Waals surface area contributed by atoms with Gasteiger partial charge in [-0.2, -0.15) is 18.3 Å². The largest absolute Gasteiger partial charge is 0.393 e. The summed E-state index contributed by atoms with van der Waals surface area (Å²) in [5.41, 5.74) is 3.34. The summed E-state index contributed by atoms with van der Waals surface area (Å²) in [7, 11) is 0. The maximum Gasteiger partial charge on any atom is 0.393 e. The number of piperidine rings is 1. The maximum atomic E-state index is 12.9. The standard InChI is InChI=1S/C20H22F3N3O/c1-14-18(15(2)26(24-14)17-8-4-3-5-9-17)10-11-19(27)25-12-6-7-16(13-25)20(21,22)23/h3-5,8-11,16H,6-7,12-13H2,1-2H3/b11-10+. The lowest BCUT2D eigenvalue weighted by atomic mass is 9.97. The number of aryl methyl sites for hydroxylation is 1. The Morgan fingerprint density at radius 1 is 1.22 bits per heavy atom. The van der Waals surface area contributed by atoms with Gasteiger partial charge in [-0.25, -0.2) is 4.68 Å². The van der Waals surface area contributed by atoms with Gasteiger partial charge in [-0.05, 0) is 44.9 Å².